The van der Waals surface area contributed by atoms with Gasteiger partial charge in [-0.2, -0.15) is 0 Å². The Bertz CT molecular complexity index is 1750. The number of carboxylic acids is 2. The first-order chi connectivity index (χ1) is 25.0. The number of carbonyl (C=O) groups excluding carboxylic acids is 5. The molecule has 4 heterocycles. The molecule has 4 aliphatic heterocycles. The maximum atomic E-state index is 12.6. The van der Waals surface area contributed by atoms with E-state index in [2.05, 4.69) is 9.47 Å². The van der Waals surface area contributed by atoms with Crippen LogP contribution in [0.1, 0.15) is 87.8 Å². The van der Waals surface area contributed by atoms with Crippen LogP contribution < -0.4 is 24.0 Å². The minimum atomic E-state index is -1.23. The molecule has 14 nitrogen and oxygen atoms in total. The van der Waals surface area contributed by atoms with E-state index in [9.17, 15) is 33.9 Å². The van der Waals surface area contributed by atoms with E-state index in [-0.39, 0.29) is 66.0 Å². The van der Waals surface area contributed by atoms with E-state index in [1.54, 1.807) is 36.4 Å². The number of amides is 2. The number of hydrogen-bond acceptors (Lipinski definition) is 11. The number of aromatic carboxylic acids is 2. The second kappa shape index (κ2) is 18.7. The van der Waals surface area contributed by atoms with Crippen LogP contribution in [0.3, 0.4) is 0 Å². The molecule has 0 aromatic heterocycles. The monoisotopic (exact) mass is 722 g/mol. The average Bonchev–Trinajstić information content (AvgIpc) is 3.58. The van der Waals surface area contributed by atoms with Crippen LogP contribution in [0.4, 0.5) is 0 Å². The van der Waals surface area contributed by atoms with Crippen LogP contribution in [0.15, 0.2) is 72.8 Å². The molecule has 7 rings (SSSR count). The second-order valence-electron chi connectivity index (χ2n) is 12.6. The molecule has 53 heavy (non-hydrogen) atoms. The van der Waals surface area contributed by atoms with Gasteiger partial charge in [0.15, 0.2) is 0 Å². The SMILES string of the molecule is COC(=O)c1ccc(C(=O)N2C3CCC2COC3)cc1.COC(=O)c1ccc(C(=O)O)cc1.O=C([O-])c1ccc(C(=O)N2C3CCC2COC3)cc1.[Li+]. The number of fused-ring (bicyclic) bond motifs is 4. The van der Waals surface area contributed by atoms with E-state index in [1.807, 2.05) is 9.80 Å². The van der Waals surface area contributed by atoms with Gasteiger partial charge in [0, 0.05) is 11.1 Å². The first-order valence-corrected chi connectivity index (χ1v) is 16.7. The maximum absolute atomic E-state index is 12.6. The summed E-state index contributed by atoms with van der Waals surface area (Å²) in [5.41, 5.74) is 2.15. The average molecular weight is 723 g/mol. The smallest absolute Gasteiger partial charge is 0.545 e. The molecule has 0 spiro atoms. The van der Waals surface area contributed by atoms with Crippen LogP contribution in [0.25, 0.3) is 0 Å². The van der Waals surface area contributed by atoms with Crippen molar-refractivity contribution >= 4 is 35.7 Å². The van der Waals surface area contributed by atoms with Crippen molar-refractivity contribution in [3.8, 4) is 0 Å². The summed E-state index contributed by atoms with van der Waals surface area (Å²) in [5.74, 6) is -3.13. The third kappa shape index (κ3) is 9.71. The summed E-state index contributed by atoms with van der Waals surface area (Å²) in [6, 6.07) is 18.8. The zero-order valence-corrected chi connectivity index (χ0v) is 29.7. The number of nitrogens with zero attached hydrogens (tertiary/aromatic N) is 2. The number of morpholine rings is 2. The summed E-state index contributed by atoms with van der Waals surface area (Å²) in [6.07, 6.45) is 3.98. The Labute approximate surface area is 318 Å². The number of ether oxygens (including phenoxy) is 4. The summed E-state index contributed by atoms with van der Waals surface area (Å²) in [5, 5.41) is 19.2. The standard InChI is InChI=1S/C15H17NO4.C14H15NO4.C9H8O4.Li/c1-19-15(18)11-4-2-10(3-5-11)14(17)16-12-6-7-13(16)9-20-8-12;16-13(9-1-3-10(4-2-9)14(17)18)15-11-5-6-12(15)8-19-7-11;1-13-9(12)7-4-2-6(3-5-7)8(10)11;/h2-5,12-13H,6-9H2,1H3;1-4,11-12H,5-8H2,(H,17,18);2-5H,1H3,(H,10,11);/q;;;+1/p-1. The largest absolute Gasteiger partial charge is 1.00 e. The number of hydrogen-bond donors (Lipinski definition) is 1. The zero-order valence-electron chi connectivity index (χ0n) is 29.7. The molecule has 0 saturated carbocycles. The zero-order chi connectivity index (χ0) is 37.4. The molecular weight excluding hydrogens is 683 g/mol. The van der Waals surface area contributed by atoms with Crippen LogP contribution in [0, 0.1) is 0 Å². The molecule has 3 aromatic carbocycles. The first-order valence-electron chi connectivity index (χ1n) is 16.7. The van der Waals surface area contributed by atoms with Crippen molar-refractivity contribution in [1.29, 1.82) is 0 Å². The van der Waals surface area contributed by atoms with Crippen LogP contribution in [0.2, 0.25) is 0 Å². The van der Waals surface area contributed by atoms with Gasteiger partial charge in [0.05, 0.1) is 87.5 Å². The fourth-order valence-corrected chi connectivity index (χ4v) is 6.70. The number of esters is 2. The van der Waals surface area contributed by atoms with Gasteiger partial charge in [-0.25, -0.2) is 14.4 Å². The Kier molecular flexibility index (Phi) is 14.4. The molecule has 0 radical (unpaired) electrons. The van der Waals surface area contributed by atoms with Crippen LogP contribution in [-0.4, -0.2) is 115 Å². The summed E-state index contributed by atoms with van der Waals surface area (Å²) in [4.78, 5) is 72.3. The van der Waals surface area contributed by atoms with E-state index in [0.717, 1.165) is 25.7 Å². The molecular formula is C38H39LiN2O12. The van der Waals surface area contributed by atoms with Gasteiger partial charge in [0.1, 0.15) is 0 Å². The van der Waals surface area contributed by atoms with Crippen LogP contribution in [0.5, 0.6) is 0 Å². The number of methoxy groups -OCH3 is 2. The molecule has 4 saturated heterocycles. The number of benzene rings is 3. The van der Waals surface area contributed by atoms with E-state index < -0.39 is 23.9 Å². The van der Waals surface area contributed by atoms with E-state index in [4.69, 9.17) is 14.6 Å². The van der Waals surface area contributed by atoms with Crippen molar-refractivity contribution in [2.45, 2.75) is 49.9 Å². The van der Waals surface area contributed by atoms with Crippen molar-refractivity contribution < 1.29 is 76.8 Å². The van der Waals surface area contributed by atoms with Crippen molar-refractivity contribution in [3.63, 3.8) is 0 Å². The van der Waals surface area contributed by atoms with Gasteiger partial charge in [-0.1, -0.05) is 12.1 Å². The Morgan fingerprint density at radius 3 is 1.11 bits per heavy atom. The third-order valence-electron chi connectivity index (χ3n) is 9.42. The molecule has 2 amide bonds. The van der Waals surface area contributed by atoms with Crippen molar-refractivity contribution in [3.05, 3.63) is 106 Å². The van der Waals surface area contributed by atoms with Crippen LogP contribution in [-0.2, 0) is 18.9 Å². The molecule has 3 aromatic rings. The molecule has 4 unspecified atom stereocenters. The molecule has 4 aliphatic rings. The predicted octanol–water partition coefficient (Wildman–Crippen LogP) is -0.294. The topological polar surface area (TPSA) is 189 Å². The summed E-state index contributed by atoms with van der Waals surface area (Å²) in [7, 11) is 2.61. The summed E-state index contributed by atoms with van der Waals surface area (Å²) >= 11 is 0. The van der Waals surface area contributed by atoms with Gasteiger partial charge < -0.3 is 43.8 Å². The Morgan fingerprint density at radius 1 is 0.547 bits per heavy atom. The van der Waals surface area contributed by atoms with E-state index in [1.165, 1.54) is 50.6 Å². The normalized spacial score (nSPS) is 20.6. The molecule has 4 atom stereocenters. The van der Waals surface area contributed by atoms with E-state index in [0.29, 0.717) is 48.7 Å². The van der Waals surface area contributed by atoms with Crippen molar-refractivity contribution in [2.24, 2.45) is 0 Å². The Morgan fingerprint density at radius 2 is 0.830 bits per heavy atom. The second-order valence-corrected chi connectivity index (χ2v) is 12.6. The summed E-state index contributed by atoms with van der Waals surface area (Å²) < 4.78 is 20.0. The predicted molar refractivity (Wildman–Crippen MR) is 181 cm³/mol. The van der Waals surface area contributed by atoms with Gasteiger partial charge in [-0.3, -0.25) is 9.59 Å². The van der Waals surface area contributed by atoms with Gasteiger partial charge in [-0.05, 0) is 91.9 Å². The van der Waals surface area contributed by atoms with Crippen molar-refractivity contribution in [2.75, 3.05) is 40.6 Å². The number of carbonyl (C=O) groups is 6. The molecule has 4 fully saturated rings. The maximum Gasteiger partial charge on any atom is 1.00 e. The molecule has 15 heteroatoms. The third-order valence-corrected chi connectivity index (χ3v) is 9.42. The fraction of sp³-hybridized carbons (Fsp3) is 0.368. The van der Waals surface area contributed by atoms with Gasteiger partial charge in [0.25, 0.3) is 11.8 Å². The van der Waals surface area contributed by atoms with Gasteiger partial charge in [0.2, 0.25) is 0 Å². The molecule has 4 bridgehead atoms. The van der Waals surface area contributed by atoms with Gasteiger partial charge in [-0.15, -0.1) is 0 Å². The molecule has 0 aliphatic carbocycles. The molecule has 1 N–H and O–H groups in total. The minimum absolute atomic E-state index is 0. The number of rotatable bonds is 6. The Hall–Kier alpha value is -5.00. The summed E-state index contributed by atoms with van der Waals surface area (Å²) in [6.45, 7) is 2.45. The first kappa shape index (κ1) is 40.8. The van der Waals surface area contributed by atoms with Crippen molar-refractivity contribution in [1.82, 2.24) is 9.80 Å². The molecule has 274 valence electrons. The fourth-order valence-electron chi connectivity index (χ4n) is 6.70. The van der Waals surface area contributed by atoms with Crippen LogP contribution >= 0.6 is 0 Å². The Balaban J connectivity index is 0.000000180. The quantitative estimate of drug-likeness (QED) is 0.259. The van der Waals surface area contributed by atoms with E-state index >= 15 is 0 Å². The van der Waals surface area contributed by atoms with Gasteiger partial charge >= 0.3 is 36.8 Å². The minimum Gasteiger partial charge on any atom is -0.545 e. The number of carboxylic acid groups (broad SMARTS) is 2.